The average Bonchev–Trinajstić information content (AvgIpc) is 3.05. The highest BCUT2D eigenvalue weighted by Crippen LogP contribution is 2.25. The van der Waals surface area contributed by atoms with Crippen molar-refractivity contribution < 1.29 is 19.1 Å². The van der Waals surface area contributed by atoms with Gasteiger partial charge in [-0.2, -0.15) is 0 Å². The normalized spacial score (nSPS) is 10.8. The number of nitrogens with one attached hydrogen (secondary N) is 1. The van der Waals surface area contributed by atoms with E-state index in [-0.39, 0.29) is 23.0 Å². The first-order valence-electron chi connectivity index (χ1n) is 9.43. The molecule has 3 aromatic rings. The number of aromatic nitrogens is 1. The number of carbonyl (C=O) groups is 3. The summed E-state index contributed by atoms with van der Waals surface area (Å²) < 4.78 is 7.75. The van der Waals surface area contributed by atoms with E-state index in [0.717, 1.165) is 34.5 Å². The summed E-state index contributed by atoms with van der Waals surface area (Å²) in [5, 5.41) is 3.78. The van der Waals surface area contributed by atoms with Crippen LogP contribution in [0.25, 0.3) is 10.9 Å². The summed E-state index contributed by atoms with van der Waals surface area (Å²) in [6, 6.07) is 10.2. The molecule has 1 aromatic heterocycles. The molecule has 0 aliphatic rings. The van der Waals surface area contributed by atoms with Crippen molar-refractivity contribution in [3.8, 4) is 0 Å². The van der Waals surface area contributed by atoms with Crippen LogP contribution >= 0.6 is 27.5 Å². The predicted octanol–water partition coefficient (Wildman–Crippen LogP) is 5.47. The van der Waals surface area contributed by atoms with Gasteiger partial charge >= 0.3 is 5.97 Å². The van der Waals surface area contributed by atoms with Crippen LogP contribution < -0.4 is 5.32 Å². The quantitative estimate of drug-likeness (QED) is 0.258. The first-order valence-corrected chi connectivity index (χ1v) is 10.6. The molecule has 1 N–H and O–H groups in total. The van der Waals surface area contributed by atoms with E-state index in [4.69, 9.17) is 16.3 Å². The number of anilines is 1. The van der Waals surface area contributed by atoms with Crippen LogP contribution in [0.2, 0.25) is 5.02 Å². The molecule has 0 aliphatic carbocycles. The third kappa shape index (κ3) is 5.09. The Morgan fingerprint density at radius 2 is 2.03 bits per heavy atom. The Morgan fingerprint density at radius 3 is 2.77 bits per heavy atom. The van der Waals surface area contributed by atoms with Crippen molar-refractivity contribution in [3.05, 3.63) is 63.2 Å². The topological polar surface area (TPSA) is 77.4 Å². The number of aldehydes is 1. The molecule has 0 atom stereocenters. The molecule has 0 unspecified atom stereocenters. The minimum absolute atomic E-state index is 0.00484. The molecule has 0 saturated heterocycles. The second-order valence-corrected chi connectivity index (χ2v) is 8.05. The van der Waals surface area contributed by atoms with E-state index in [1.165, 1.54) is 6.07 Å². The Labute approximate surface area is 187 Å². The van der Waals surface area contributed by atoms with E-state index in [1.807, 2.05) is 25.1 Å². The van der Waals surface area contributed by atoms with Crippen molar-refractivity contribution in [2.45, 2.75) is 26.3 Å². The van der Waals surface area contributed by atoms with Gasteiger partial charge in [0.1, 0.15) is 6.54 Å². The summed E-state index contributed by atoms with van der Waals surface area (Å²) in [5.41, 5.74) is 1.90. The SMILES string of the molecule is CCCCOC(=O)c1cc(NC(=O)Cn2cc(C=O)c3cc(Br)ccc32)ccc1Cl. The Kier molecular flexibility index (Phi) is 7.29. The van der Waals surface area contributed by atoms with Gasteiger partial charge in [-0.05, 0) is 42.8 Å². The van der Waals surface area contributed by atoms with Gasteiger partial charge in [-0.1, -0.05) is 40.9 Å². The molecule has 1 heterocycles. The first-order chi connectivity index (χ1) is 14.4. The van der Waals surface area contributed by atoms with Crippen LogP contribution in [0.15, 0.2) is 47.1 Å². The van der Waals surface area contributed by atoms with Gasteiger partial charge in [0.25, 0.3) is 0 Å². The third-order valence-corrected chi connectivity index (χ3v) is 5.34. The number of unbranched alkanes of at least 4 members (excludes halogenated alkanes) is 1. The maximum absolute atomic E-state index is 12.6. The van der Waals surface area contributed by atoms with E-state index < -0.39 is 5.97 Å². The zero-order valence-electron chi connectivity index (χ0n) is 16.3. The highest BCUT2D eigenvalue weighted by atomic mass is 79.9. The fourth-order valence-corrected chi connectivity index (χ4v) is 3.58. The predicted molar refractivity (Wildman–Crippen MR) is 120 cm³/mol. The maximum Gasteiger partial charge on any atom is 0.339 e. The number of ether oxygens (including phenoxy) is 1. The minimum atomic E-state index is -0.526. The number of nitrogens with zero attached hydrogens (tertiary/aromatic N) is 1. The Hall–Kier alpha value is -2.64. The molecule has 1 amide bonds. The van der Waals surface area contributed by atoms with Crippen LogP contribution in [0.3, 0.4) is 0 Å². The minimum Gasteiger partial charge on any atom is -0.462 e. The lowest BCUT2D eigenvalue weighted by molar-refractivity contribution is -0.116. The van der Waals surface area contributed by atoms with E-state index in [0.29, 0.717) is 17.9 Å². The van der Waals surface area contributed by atoms with Gasteiger partial charge < -0.3 is 14.6 Å². The molecule has 156 valence electrons. The fourth-order valence-electron chi connectivity index (χ4n) is 3.02. The number of esters is 1. The molecule has 3 rings (SSSR count). The molecule has 0 fully saturated rings. The van der Waals surface area contributed by atoms with Gasteiger partial charge in [-0.3, -0.25) is 9.59 Å². The highest BCUT2D eigenvalue weighted by molar-refractivity contribution is 9.10. The van der Waals surface area contributed by atoms with Gasteiger partial charge in [-0.25, -0.2) is 4.79 Å². The lowest BCUT2D eigenvalue weighted by atomic mass is 10.2. The molecule has 6 nitrogen and oxygen atoms in total. The smallest absolute Gasteiger partial charge is 0.339 e. The van der Waals surface area contributed by atoms with Crippen molar-refractivity contribution in [1.29, 1.82) is 0 Å². The number of hydrogen-bond donors (Lipinski definition) is 1. The van der Waals surface area contributed by atoms with Gasteiger partial charge in [-0.15, -0.1) is 0 Å². The van der Waals surface area contributed by atoms with Crippen LogP contribution in [0.4, 0.5) is 5.69 Å². The van der Waals surface area contributed by atoms with E-state index in [1.54, 1.807) is 22.9 Å². The monoisotopic (exact) mass is 490 g/mol. The standard InChI is InChI=1S/C22H20BrClN2O4/c1-2-3-8-30-22(29)18-10-16(5-6-19(18)24)25-21(28)12-26-11-14(13-27)17-9-15(23)4-7-20(17)26/h4-7,9-11,13H,2-3,8,12H2,1H3,(H,25,28). The van der Waals surface area contributed by atoms with Crippen LogP contribution in [-0.4, -0.2) is 29.3 Å². The third-order valence-electron chi connectivity index (χ3n) is 4.52. The number of amides is 1. The largest absolute Gasteiger partial charge is 0.462 e. The number of fused-ring (bicyclic) bond motifs is 1. The lowest BCUT2D eigenvalue weighted by Gasteiger charge is -2.10. The zero-order valence-corrected chi connectivity index (χ0v) is 18.6. The highest BCUT2D eigenvalue weighted by Gasteiger charge is 2.15. The van der Waals surface area contributed by atoms with Crippen LogP contribution in [0, 0.1) is 0 Å². The summed E-state index contributed by atoms with van der Waals surface area (Å²) >= 11 is 9.50. The van der Waals surface area contributed by atoms with Crippen molar-refractivity contribution >= 4 is 62.3 Å². The second kappa shape index (κ2) is 9.91. The molecule has 30 heavy (non-hydrogen) atoms. The van der Waals surface area contributed by atoms with Crippen molar-refractivity contribution in [2.75, 3.05) is 11.9 Å². The van der Waals surface area contributed by atoms with E-state index in [2.05, 4.69) is 21.2 Å². The number of carbonyl (C=O) groups excluding carboxylic acids is 3. The summed E-state index contributed by atoms with van der Waals surface area (Å²) in [7, 11) is 0. The van der Waals surface area contributed by atoms with E-state index >= 15 is 0 Å². The molecule has 0 radical (unpaired) electrons. The number of hydrogen-bond acceptors (Lipinski definition) is 4. The van der Waals surface area contributed by atoms with Gasteiger partial charge in [0.15, 0.2) is 6.29 Å². The Balaban J connectivity index is 1.75. The molecule has 0 spiro atoms. The molecule has 0 bridgehead atoms. The van der Waals surface area contributed by atoms with Crippen LogP contribution in [0.1, 0.15) is 40.5 Å². The summed E-state index contributed by atoms with van der Waals surface area (Å²) in [6.07, 6.45) is 4.08. The zero-order chi connectivity index (χ0) is 21.7. The summed E-state index contributed by atoms with van der Waals surface area (Å²) in [4.78, 5) is 36.2. The Bertz CT molecular complexity index is 1110. The summed E-state index contributed by atoms with van der Waals surface area (Å²) in [5.74, 6) is -0.831. The molecular formula is C22H20BrClN2O4. The molecule has 0 saturated carbocycles. The summed E-state index contributed by atoms with van der Waals surface area (Å²) in [6.45, 7) is 2.32. The van der Waals surface area contributed by atoms with Crippen molar-refractivity contribution in [1.82, 2.24) is 4.57 Å². The van der Waals surface area contributed by atoms with Crippen molar-refractivity contribution in [3.63, 3.8) is 0 Å². The average molecular weight is 492 g/mol. The fraction of sp³-hybridized carbons (Fsp3) is 0.227. The van der Waals surface area contributed by atoms with Gasteiger partial charge in [0.2, 0.25) is 5.91 Å². The van der Waals surface area contributed by atoms with Gasteiger partial charge in [0, 0.05) is 32.8 Å². The first kappa shape index (κ1) is 22.1. The maximum atomic E-state index is 12.6. The van der Waals surface area contributed by atoms with Crippen LogP contribution in [0.5, 0.6) is 0 Å². The van der Waals surface area contributed by atoms with Crippen molar-refractivity contribution in [2.24, 2.45) is 0 Å². The molecule has 2 aromatic carbocycles. The molecular weight excluding hydrogens is 472 g/mol. The second-order valence-electron chi connectivity index (χ2n) is 6.72. The number of halogens is 2. The van der Waals surface area contributed by atoms with Gasteiger partial charge in [0.05, 0.1) is 17.2 Å². The molecule has 0 aliphatic heterocycles. The number of rotatable bonds is 8. The lowest BCUT2D eigenvalue weighted by Crippen LogP contribution is -2.18. The number of benzene rings is 2. The molecule has 8 heteroatoms. The Morgan fingerprint density at radius 1 is 1.23 bits per heavy atom. The van der Waals surface area contributed by atoms with Crippen LogP contribution in [-0.2, 0) is 16.1 Å². The van der Waals surface area contributed by atoms with E-state index in [9.17, 15) is 14.4 Å².